The maximum Gasteiger partial charge on any atom is 0.217 e. The molecule has 3 nitrogen and oxygen atoms in total. The minimum atomic E-state index is -0.149. The SMILES string of the molecule is CC(=O)NC(C)C#Cc1ccc(Cc2ccc(OC(C)C)cc2)cc1. The quantitative estimate of drug-likeness (QED) is 0.841. The monoisotopic (exact) mass is 335 g/mol. The first-order valence-electron chi connectivity index (χ1n) is 8.55. The van der Waals surface area contributed by atoms with Crippen molar-refractivity contribution in [2.75, 3.05) is 0 Å². The summed E-state index contributed by atoms with van der Waals surface area (Å²) >= 11 is 0. The average molecular weight is 335 g/mol. The van der Waals surface area contributed by atoms with Gasteiger partial charge in [0.15, 0.2) is 0 Å². The molecule has 2 aromatic carbocycles. The van der Waals surface area contributed by atoms with E-state index in [2.05, 4.69) is 41.4 Å². The van der Waals surface area contributed by atoms with Gasteiger partial charge in [0.1, 0.15) is 5.75 Å². The summed E-state index contributed by atoms with van der Waals surface area (Å²) in [7, 11) is 0. The average Bonchev–Trinajstić information content (AvgIpc) is 2.55. The number of ether oxygens (including phenoxy) is 1. The normalized spacial score (nSPS) is 11.4. The Hall–Kier alpha value is -2.73. The van der Waals surface area contributed by atoms with Crippen molar-refractivity contribution < 1.29 is 9.53 Å². The Morgan fingerprint density at radius 2 is 1.56 bits per heavy atom. The summed E-state index contributed by atoms with van der Waals surface area (Å²) in [5, 5.41) is 2.75. The van der Waals surface area contributed by atoms with E-state index in [0.717, 1.165) is 17.7 Å². The number of hydrogen-bond donors (Lipinski definition) is 1. The summed E-state index contributed by atoms with van der Waals surface area (Å²) in [5.74, 6) is 6.94. The Balaban J connectivity index is 1.96. The molecule has 25 heavy (non-hydrogen) atoms. The summed E-state index contributed by atoms with van der Waals surface area (Å²) in [5.41, 5.74) is 3.42. The van der Waals surface area contributed by atoms with Crippen molar-refractivity contribution in [2.24, 2.45) is 0 Å². The Bertz CT molecular complexity index is 749. The van der Waals surface area contributed by atoms with Crippen LogP contribution in [0.2, 0.25) is 0 Å². The lowest BCUT2D eigenvalue weighted by Gasteiger charge is -2.10. The summed E-state index contributed by atoms with van der Waals surface area (Å²) in [6, 6.07) is 16.3. The van der Waals surface area contributed by atoms with Crippen molar-refractivity contribution in [3.63, 3.8) is 0 Å². The largest absolute Gasteiger partial charge is 0.491 e. The smallest absolute Gasteiger partial charge is 0.217 e. The summed E-state index contributed by atoms with van der Waals surface area (Å²) in [6.45, 7) is 7.41. The number of hydrogen-bond acceptors (Lipinski definition) is 2. The maximum atomic E-state index is 11.0. The molecule has 3 heteroatoms. The van der Waals surface area contributed by atoms with Crippen LogP contribution in [0.1, 0.15) is 44.4 Å². The predicted octanol–water partition coefficient (Wildman–Crippen LogP) is 3.94. The van der Waals surface area contributed by atoms with E-state index in [0.29, 0.717) is 0 Å². The van der Waals surface area contributed by atoms with Gasteiger partial charge in [0.2, 0.25) is 5.91 Å². The van der Waals surface area contributed by atoms with Crippen LogP contribution < -0.4 is 10.1 Å². The molecule has 0 fully saturated rings. The number of benzene rings is 2. The van der Waals surface area contributed by atoms with Gasteiger partial charge in [0.05, 0.1) is 12.1 Å². The topological polar surface area (TPSA) is 38.3 Å². The molecule has 0 radical (unpaired) electrons. The fourth-order valence-corrected chi connectivity index (χ4v) is 2.43. The first-order chi connectivity index (χ1) is 11.9. The summed E-state index contributed by atoms with van der Waals surface area (Å²) < 4.78 is 5.66. The highest BCUT2D eigenvalue weighted by Crippen LogP contribution is 2.16. The van der Waals surface area contributed by atoms with Gasteiger partial charge in [-0.1, -0.05) is 36.1 Å². The van der Waals surface area contributed by atoms with Crippen molar-refractivity contribution in [3.8, 4) is 17.6 Å². The summed E-state index contributed by atoms with van der Waals surface area (Å²) in [4.78, 5) is 11.0. The highest BCUT2D eigenvalue weighted by Gasteiger charge is 2.01. The lowest BCUT2D eigenvalue weighted by Crippen LogP contribution is -2.28. The van der Waals surface area contributed by atoms with Crippen LogP contribution in [-0.2, 0) is 11.2 Å². The molecule has 0 aliphatic heterocycles. The Morgan fingerprint density at radius 1 is 1.00 bits per heavy atom. The van der Waals surface area contributed by atoms with Crippen molar-refractivity contribution in [2.45, 2.75) is 46.3 Å². The Morgan fingerprint density at radius 3 is 2.08 bits per heavy atom. The standard InChI is InChI=1S/C22H25NO2/c1-16(2)25-22-13-11-21(12-14-22)15-20-9-7-19(8-10-20)6-5-17(3)23-18(4)24/h7-14,16-17H,15H2,1-4H3,(H,23,24). The van der Waals surface area contributed by atoms with E-state index in [1.807, 2.05) is 45.0 Å². The van der Waals surface area contributed by atoms with E-state index in [4.69, 9.17) is 4.74 Å². The van der Waals surface area contributed by atoms with Crippen LogP contribution in [0.5, 0.6) is 5.75 Å². The van der Waals surface area contributed by atoms with Crippen LogP contribution in [0.25, 0.3) is 0 Å². The van der Waals surface area contributed by atoms with Crippen molar-refractivity contribution in [3.05, 3.63) is 65.2 Å². The van der Waals surface area contributed by atoms with E-state index in [1.165, 1.54) is 18.1 Å². The minimum absolute atomic E-state index is 0.0676. The van der Waals surface area contributed by atoms with E-state index < -0.39 is 0 Å². The Kier molecular flexibility index (Phi) is 6.65. The van der Waals surface area contributed by atoms with E-state index >= 15 is 0 Å². The zero-order valence-electron chi connectivity index (χ0n) is 15.3. The molecule has 1 atom stereocenters. The van der Waals surface area contributed by atoms with Crippen LogP contribution in [-0.4, -0.2) is 18.1 Å². The third-order valence-corrected chi connectivity index (χ3v) is 3.51. The fourth-order valence-electron chi connectivity index (χ4n) is 2.43. The highest BCUT2D eigenvalue weighted by atomic mass is 16.5. The van der Waals surface area contributed by atoms with Gasteiger partial charge in [-0.25, -0.2) is 0 Å². The molecule has 2 rings (SSSR count). The molecule has 0 saturated carbocycles. The van der Waals surface area contributed by atoms with Gasteiger partial charge in [-0.2, -0.15) is 0 Å². The highest BCUT2D eigenvalue weighted by molar-refractivity contribution is 5.73. The molecular formula is C22H25NO2. The van der Waals surface area contributed by atoms with Gasteiger partial charge in [-0.05, 0) is 62.6 Å². The Labute approximate surface area is 150 Å². The van der Waals surface area contributed by atoms with Gasteiger partial charge in [-0.15, -0.1) is 0 Å². The van der Waals surface area contributed by atoms with Crippen LogP contribution >= 0.6 is 0 Å². The molecule has 0 aromatic heterocycles. The number of amides is 1. The van der Waals surface area contributed by atoms with Crippen molar-refractivity contribution >= 4 is 5.91 Å². The lowest BCUT2D eigenvalue weighted by atomic mass is 10.0. The van der Waals surface area contributed by atoms with Gasteiger partial charge in [0.25, 0.3) is 0 Å². The van der Waals surface area contributed by atoms with Crippen LogP contribution in [0.15, 0.2) is 48.5 Å². The second-order valence-electron chi connectivity index (χ2n) is 6.38. The molecule has 130 valence electrons. The molecular weight excluding hydrogens is 310 g/mol. The van der Waals surface area contributed by atoms with E-state index in [1.54, 1.807) is 0 Å². The third-order valence-electron chi connectivity index (χ3n) is 3.51. The predicted molar refractivity (Wildman–Crippen MR) is 102 cm³/mol. The van der Waals surface area contributed by atoms with Crippen LogP contribution in [0, 0.1) is 11.8 Å². The molecule has 2 aromatic rings. The van der Waals surface area contributed by atoms with Crippen molar-refractivity contribution in [1.29, 1.82) is 0 Å². The molecule has 0 heterocycles. The van der Waals surface area contributed by atoms with Gasteiger partial charge < -0.3 is 10.1 Å². The van der Waals surface area contributed by atoms with E-state index in [-0.39, 0.29) is 18.1 Å². The molecule has 0 aliphatic carbocycles. The molecule has 1 N–H and O–H groups in total. The molecule has 1 unspecified atom stereocenters. The zero-order chi connectivity index (χ0) is 18.2. The van der Waals surface area contributed by atoms with Crippen LogP contribution in [0.4, 0.5) is 0 Å². The second kappa shape index (κ2) is 8.94. The molecule has 1 amide bonds. The zero-order valence-corrected chi connectivity index (χ0v) is 15.3. The van der Waals surface area contributed by atoms with Gasteiger partial charge >= 0.3 is 0 Å². The summed E-state index contributed by atoms with van der Waals surface area (Å²) in [6.07, 6.45) is 1.06. The third kappa shape index (κ3) is 6.73. The lowest BCUT2D eigenvalue weighted by molar-refractivity contribution is -0.119. The number of nitrogens with one attached hydrogen (secondary N) is 1. The van der Waals surface area contributed by atoms with Gasteiger partial charge in [-0.3, -0.25) is 4.79 Å². The molecule has 0 spiro atoms. The molecule has 0 aliphatic rings. The second-order valence-corrected chi connectivity index (χ2v) is 6.38. The van der Waals surface area contributed by atoms with E-state index in [9.17, 15) is 4.79 Å². The molecule has 0 bridgehead atoms. The first-order valence-corrected chi connectivity index (χ1v) is 8.55. The number of carbonyl (C=O) groups is 1. The minimum Gasteiger partial charge on any atom is -0.491 e. The van der Waals surface area contributed by atoms with Gasteiger partial charge in [0, 0.05) is 12.5 Å². The van der Waals surface area contributed by atoms with Crippen LogP contribution in [0.3, 0.4) is 0 Å². The number of rotatable bonds is 5. The fraction of sp³-hybridized carbons (Fsp3) is 0.318. The first kappa shape index (κ1) is 18.6. The molecule has 0 saturated heterocycles. The van der Waals surface area contributed by atoms with Crippen molar-refractivity contribution in [1.82, 2.24) is 5.32 Å². The number of carbonyl (C=O) groups excluding carboxylic acids is 1. The maximum absolute atomic E-state index is 11.0.